The van der Waals surface area contributed by atoms with Crippen molar-refractivity contribution < 1.29 is 14.7 Å². The van der Waals surface area contributed by atoms with Gasteiger partial charge in [0, 0.05) is 19.1 Å². The van der Waals surface area contributed by atoms with Gasteiger partial charge in [0.1, 0.15) is 12.9 Å². The van der Waals surface area contributed by atoms with Crippen LogP contribution >= 0.6 is 0 Å². The molecule has 2 amide bonds. The van der Waals surface area contributed by atoms with E-state index in [2.05, 4.69) is 10.2 Å². The zero-order chi connectivity index (χ0) is 14.7. The van der Waals surface area contributed by atoms with E-state index in [1.807, 2.05) is 18.4 Å². The van der Waals surface area contributed by atoms with Gasteiger partial charge in [0.25, 0.3) is 0 Å². The van der Waals surface area contributed by atoms with Crippen LogP contribution in [0.25, 0.3) is 0 Å². The smallest absolute Gasteiger partial charge is 0.323 e. The molecule has 1 aliphatic heterocycles. The maximum absolute atomic E-state index is 12.5. The van der Waals surface area contributed by atoms with Crippen LogP contribution in [0.5, 0.6) is 0 Å². The van der Waals surface area contributed by atoms with E-state index in [0.717, 1.165) is 5.82 Å². The van der Waals surface area contributed by atoms with Gasteiger partial charge in [-0.3, -0.25) is 4.79 Å². The zero-order valence-corrected chi connectivity index (χ0v) is 11.7. The summed E-state index contributed by atoms with van der Waals surface area (Å²) in [6.07, 6.45) is 2.35. The monoisotopic (exact) mass is 281 g/mol. The minimum absolute atomic E-state index is 0.113. The van der Waals surface area contributed by atoms with E-state index in [9.17, 15) is 9.59 Å². The first kappa shape index (κ1) is 14.3. The molecule has 0 aliphatic carbocycles. The van der Waals surface area contributed by atoms with E-state index in [4.69, 9.17) is 5.11 Å². The van der Waals surface area contributed by atoms with Crippen molar-refractivity contribution >= 4 is 12.0 Å². The highest BCUT2D eigenvalue weighted by molar-refractivity contribution is 5.80. The summed E-state index contributed by atoms with van der Waals surface area (Å²) in [6.45, 7) is 5.04. The fraction of sp³-hybridized carbons (Fsp3) is 0.667. The van der Waals surface area contributed by atoms with Crippen LogP contribution < -0.4 is 0 Å². The van der Waals surface area contributed by atoms with Crippen LogP contribution in [0.3, 0.4) is 0 Å². The molecule has 110 valence electrons. The molecule has 0 spiro atoms. The van der Waals surface area contributed by atoms with Crippen LogP contribution in [-0.4, -0.2) is 60.8 Å². The number of aromatic nitrogens is 3. The quantitative estimate of drug-likeness (QED) is 0.862. The number of carbonyl (C=O) groups excluding carboxylic acids is 1. The lowest BCUT2D eigenvalue weighted by molar-refractivity contribution is -0.138. The van der Waals surface area contributed by atoms with Gasteiger partial charge in [0.2, 0.25) is 0 Å². The molecule has 1 aromatic rings. The molecular weight excluding hydrogens is 262 g/mol. The zero-order valence-electron chi connectivity index (χ0n) is 11.7. The average molecular weight is 281 g/mol. The van der Waals surface area contributed by atoms with E-state index < -0.39 is 5.97 Å². The average Bonchev–Trinajstić information content (AvgIpc) is 2.90. The van der Waals surface area contributed by atoms with Gasteiger partial charge < -0.3 is 19.5 Å². The highest BCUT2D eigenvalue weighted by Gasteiger charge is 2.29. The number of hydrogen-bond acceptors (Lipinski definition) is 4. The van der Waals surface area contributed by atoms with Gasteiger partial charge in [-0.15, -0.1) is 10.2 Å². The molecule has 2 rings (SSSR count). The molecule has 8 heteroatoms. The number of nitrogens with zero attached hydrogens (tertiary/aromatic N) is 5. The third kappa shape index (κ3) is 2.89. The number of carboxylic acids is 1. The summed E-state index contributed by atoms with van der Waals surface area (Å²) in [5.41, 5.74) is 0. The molecule has 0 saturated heterocycles. The van der Waals surface area contributed by atoms with Crippen molar-refractivity contribution in [1.82, 2.24) is 24.6 Å². The van der Waals surface area contributed by atoms with Crippen molar-refractivity contribution in [1.29, 1.82) is 0 Å². The molecule has 0 fully saturated rings. The lowest BCUT2D eigenvalue weighted by Gasteiger charge is -2.35. The Morgan fingerprint density at radius 3 is 2.90 bits per heavy atom. The van der Waals surface area contributed by atoms with Crippen LogP contribution in [-0.2, 0) is 17.9 Å². The number of urea groups is 1. The fourth-order valence-electron chi connectivity index (χ4n) is 2.19. The second-order valence-corrected chi connectivity index (χ2v) is 4.92. The fourth-order valence-corrected chi connectivity index (χ4v) is 2.19. The lowest BCUT2D eigenvalue weighted by atomic mass is 10.2. The minimum Gasteiger partial charge on any atom is -0.480 e. The maximum Gasteiger partial charge on any atom is 0.323 e. The van der Waals surface area contributed by atoms with Gasteiger partial charge in [-0.1, -0.05) is 6.92 Å². The number of fused-ring (bicyclic) bond motifs is 1. The Morgan fingerprint density at radius 2 is 2.25 bits per heavy atom. The molecule has 0 bridgehead atoms. The molecule has 1 N–H and O–H groups in total. The van der Waals surface area contributed by atoms with E-state index in [1.54, 1.807) is 11.2 Å². The van der Waals surface area contributed by atoms with E-state index >= 15 is 0 Å². The molecular formula is C12H19N5O3. The number of amides is 2. The first-order valence-corrected chi connectivity index (χ1v) is 6.67. The van der Waals surface area contributed by atoms with Crippen molar-refractivity contribution in [2.24, 2.45) is 0 Å². The molecule has 1 aromatic heterocycles. The van der Waals surface area contributed by atoms with Crippen LogP contribution in [0.4, 0.5) is 4.79 Å². The Labute approximate surface area is 117 Å². The van der Waals surface area contributed by atoms with Crippen LogP contribution in [0.15, 0.2) is 6.33 Å². The Bertz CT molecular complexity index is 501. The topological polar surface area (TPSA) is 91.6 Å². The van der Waals surface area contributed by atoms with Crippen molar-refractivity contribution in [3.05, 3.63) is 12.2 Å². The first-order valence-electron chi connectivity index (χ1n) is 6.67. The minimum atomic E-state index is -1.00. The Balaban J connectivity index is 2.10. The highest BCUT2D eigenvalue weighted by atomic mass is 16.4. The summed E-state index contributed by atoms with van der Waals surface area (Å²) < 4.78 is 1.90. The van der Waals surface area contributed by atoms with E-state index in [0.29, 0.717) is 26.1 Å². The Morgan fingerprint density at radius 1 is 1.50 bits per heavy atom. The van der Waals surface area contributed by atoms with Crippen molar-refractivity contribution in [3.8, 4) is 0 Å². The second kappa shape index (κ2) is 5.89. The predicted molar refractivity (Wildman–Crippen MR) is 69.9 cm³/mol. The van der Waals surface area contributed by atoms with Crippen LogP contribution in [0.2, 0.25) is 0 Å². The van der Waals surface area contributed by atoms with Gasteiger partial charge in [-0.25, -0.2) is 4.79 Å². The number of hydrogen-bond donors (Lipinski definition) is 1. The molecule has 0 radical (unpaired) electrons. The third-order valence-corrected chi connectivity index (χ3v) is 3.58. The molecule has 8 nitrogen and oxygen atoms in total. The molecule has 0 saturated carbocycles. The van der Waals surface area contributed by atoms with E-state index in [-0.39, 0.29) is 18.6 Å². The molecule has 1 unspecified atom stereocenters. The SMILES string of the molecule is CCC(C)N(CC(=O)O)C(=O)N1CCn2cnnc2C1. The van der Waals surface area contributed by atoms with Gasteiger partial charge in [0.05, 0.1) is 6.54 Å². The molecule has 2 heterocycles. The Hall–Kier alpha value is -2.12. The third-order valence-electron chi connectivity index (χ3n) is 3.58. The first-order chi connectivity index (χ1) is 9.52. The second-order valence-electron chi connectivity index (χ2n) is 4.92. The number of rotatable bonds is 4. The van der Waals surface area contributed by atoms with Crippen LogP contribution in [0.1, 0.15) is 26.1 Å². The molecule has 0 aromatic carbocycles. The Kier molecular flexibility index (Phi) is 4.21. The maximum atomic E-state index is 12.5. The summed E-state index contributed by atoms with van der Waals surface area (Å²) >= 11 is 0. The number of carboxylic acid groups (broad SMARTS) is 1. The van der Waals surface area contributed by atoms with Crippen LogP contribution in [0, 0.1) is 0 Å². The summed E-state index contributed by atoms with van der Waals surface area (Å²) in [7, 11) is 0. The normalized spacial score (nSPS) is 15.6. The highest BCUT2D eigenvalue weighted by Crippen LogP contribution is 2.14. The number of carbonyl (C=O) groups is 2. The molecule has 1 aliphatic rings. The summed E-state index contributed by atoms with van der Waals surface area (Å²) in [6, 6.07) is -0.366. The standard InChI is InChI=1S/C12H19N5O3/c1-3-9(2)17(7-11(18)19)12(20)15-4-5-16-8-13-14-10(16)6-15/h8-9H,3-7H2,1-2H3,(H,18,19). The molecule has 1 atom stereocenters. The number of aliphatic carboxylic acids is 1. The lowest BCUT2D eigenvalue weighted by Crippen LogP contribution is -2.51. The summed E-state index contributed by atoms with van der Waals surface area (Å²) in [4.78, 5) is 26.5. The van der Waals surface area contributed by atoms with E-state index in [1.165, 1.54) is 4.90 Å². The largest absolute Gasteiger partial charge is 0.480 e. The molecule has 20 heavy (non-hydrogen) atoms. The van der Waals surface area contributed by atoms with Crippen molar-refractivity contribution in [2.75, 3.05) is 13.1 Å². The van der Waals surface area contributed by atoms with Gasteiger partial charge in [0.15, 0.2) is 5.82 Å². The van der Waals surface area contributed by atoms with Gasteiger partial charge in [-0.2, -0.15) is 0 Å². The summed E-state index contributed by atoms with van der Waals surface area (Å²) in [5, 5.41) is 16.7. The summed E-state index contributed by atoms with van der Waals surface area (Å²) in [5.74, 6) is -0.275. The van der Waals surface area contributed by atoms with Gasteiger partial charge >= 0.3 is 12.0 Å². The van der Waals surface area contributed by atoms with Crippen molar-refractivity contribution in [3.63, 3.8) is 0 Å². The van der Waals surface area contributed by atoms with Crippen molar-refractivity contribution in [2.45, 2.75) is 39.4 Å². The predicted octanol–water partition coefficient (Wildman–Crippen LogP) is 0.399. The van der Waals surface area contributed by atoms with Gasteiger partial charge in [-0.05, 0) is 13.3 Å².